The maximum absolute atomic E-state index is 12.8. The summed E-state index contributed by atoms with van der Waals surface area (Å²) in [4.78, 5) is 24.1. The number of rotatable bonds is 2. The van der Waals surface area contributed by atoms with Crippen molar-refractivity contribution in [2.75, 3.05) is 7.05 Å². The molecule has 4 nitrogen and oxygen atoms in total. The van der Waals surface area contributed by atoms with Gasteiger partial charge in [0, 0.05) is 25.6 Å². The van der Waals surface area contributed by atoms with Crippen LogP contribution in [0.3, 0.4) is 0 Å². The Morgan fingerprint density at radius 2 is 2.00 bits per heavy atom. The monoisotopic (exact) mass is 249 g/mol. The van der Waals surface area contributed by atoms with Gasteiger partial charge in [-0.25, -0.2) is 9.18 Å². The van der Waals surface area contributed by atoms with Gasteiger partial charge in [-0.2, -0.15) is 0 Å². The first kappa shape index (κ1) is 12.3. The molecule has 5 heteroatoms. The minimum absolute atomic E-state index is 0.0836. The normalized spacial score (nSPS) is 19.7. The highest BCUT2D eigenvalue weighted by Gasteiger charge is 2.30. The molecule has 1 N–H and O–H groups in total. The Labute approximate surface area is 103 Å². The van der Waals surface area contributed by atoms with Crippen molar-refractivity contribution in [2.24, 2.45) is 0 Å². The number of carboxylic acids is 1. The molecule has 2 rings (SSSR count). The molecule has 94 valence electrons. The molecule has 0 aromatic heterocycles. The SMILES string of the molecule is CN1C=C(C(=O)O)C(c2ccc(F)cc2)CC1=O. The Bertz CT molecular complexity index is 522. The van der Waals surface area contributed by atoms with Gasteiger partial charge in [0.1, 0.15) is 5.82 Å². The number of nitrogens with zero attached hydrogens (tertiary/aromatic N) is 1. The lowest BCUT2D eigenvalue weighted by Gasteiger charge is -2.26. The van der Waals surface area contributed by atoms with Gasteiger partial charge in [-0.15, -0.1) is 0 Å². The summed E-state index contributed by atoms with van der Waals surface area (Å²) in [6.45, 7) is 0. The van der Waals surface area contributed by atoms with Gasteiger partial charge < -0.3 is 10.0 Å². The second kappa shape index (κ2) is 4.60. The van der Waals surface area contributed by atoms with Crippen LogP contribution in [0, 0.1) is 5.82 Å². The second-order valence-electron chi connectivity index (χ2n) is 4.20. The summed E-state index contributed by atoms with van der Waals surface area (Å²) >= 11 is 0. The van der Waals surface area contributed by atoms with Gasteiger partial charge >= 0.3 is 5.97 Å². The highest BCUT2D eigenvalue weighted by atomic mass is 19.1. The standard InChI is InChI=1S/C13H12FNO3/c1-15-7-11(13(17)18)10(6-12(15)16)8-2-4-9(14)5-3-8/h2-5,7,10H,6H2,1H3,(H,17,18). The number of carbonyl (C=O) groups excluding carboxylic acids is 1. The second-order valence-corrected chi connectivity index (χ2v) is 4.20. The van der Waals surface area contributed by atoms with Crippen LogP contribution in [0.15, 0.2) is 36.0 Å². The molecule has 1 heterocycles. The smallest absolute Gasteiger partial charge is 0.333 e. The molecule has 1 aromatic rings. The third-order valence-electron chi connectivity index (χ3n) is 3.00. The van der Waals surface area contributed by atoms with E-state index in [4.69, 9.17) is 5.11 Å². The summed E-state index contributed by atoms with van der Waals surface area (Å²) in [6.07, 6.45) is 1.41. The molecule has 1 aliphatic rings. The molecule has 18 heavy (non-hydrogen) atoms. The van der Waals surface area contributed by atoms with Crippen LogP contribution in [-0.4, -0.2) is 28.9 Å². The predicted molar refractivity (Wildman–Crippen MR) is 62.2 cm³/mol. The van der Waals surface area contributed by atoms with Crippen LogP contribution in [0.4, 0.5) is 4.39 Å². The van der Waals surface area contributed by atoms with Crippen LogP contribution in [0.1, 0.15) is 17.9 Å². The van der Waals surface area contributed by atoms with Gasteiger partial charge in [0.2, 0.25) is 5.91 Å². The first-order valence-corrected chi connectivity index (χ1v) is 5.45. The molecule has 0 aliphatic carbocycles. The summed E-state index contributed by atoms with van der Waals surface area (Å²) in [7, 11) is 1.52. The molecule has 0 spiro atoms. The number of amides is 1. The van der Waals surface area contributed by atoms with E-state index in [1.54, 1.807) is 0 Å². The van der Waals surface area contributed by atoms with E-state index in [2.05, 4.69) is 0 Å². The zero-order chi connectivity index (χ0) is 13.3. The van der Waals surface area contributed by atoms with Crippen LogP contribution >= 0.6 is 0 Å². The summed E-state index contributed by atoms with van der Waals surface area (Å²) in [5.41, 5.74) is 0.773. The molecule has 0 bridgehead atoms. The molecule has 1 amide bonds. The number of aliphatic carboxylic acids is 1. The van der Waals surface area contributed by atoms with E-state index < -0.39 is 11.9 Å². The van der Waals surface area contributed by atoms with Gasteiger partial charge in [0.25, 0.3) is 0 Å². The predicted octanol–water partition coefficient (Wildman–Crippen LogP) is 1.74. The summed E-state index contributed by atoms with van der Waals surface area (Å²) in [5, 5.41) is 9.15. The maximum Gasteiger partial charge on any atom is 0.333 e. The number of carbonyl (C=O) groups is 2. The average Bonchev–Trinajstić information content (AvgIpc) is 2.33. The van der Waals surface area contributed by atoms with Gasteiger partial charge in [-0.1, -0.05) is 12.1 Å². The van der Waals surface area contributed by atoms with E-state index >= 15 is 0 Å². The molecular weight excluding hydrogens is 237 g/mol. The third kappa shape index (κ3) is 2.25. The largest absolute Gasteiger partial charge is 0.478 e. The third-order valence-corrected chi connectivity index (χ3v) is 3.00. The lowest BCUT2D eigenvalue weighted by atomic mass is 9.86. The quantitative estimate of drug-likeness (QED) is 0.868. The van der Waals surface area contributed by atoms with Crippen molar-refractivity contribution in [3.63, 3.8) is 0 Å². The van der Waals surface area contributed by atoms with Gasteiger partial charge in [-0.3, -0.25) is 4.79 Å². The van der Waals surface area contributed by atoms with E-state index in [0.29, 0.717) is 5.56 Å². The Hall–Kier alpha value is -2.17. The average molecular weight is 249 g/mol. The highest BCUT2D eigenvalue weighted by molar-refractivity contribution is 5.93. The number of hydrogen-bond acceptors (Lipinski definition) is 2. The Balaban J connectivity index is 2.41. The fourth-order valence-corrected chi connectivity index (χ4v) is 2.00. The van der Waals surface area contributed by atoms with E-state index in [1.165, 1.54) is 42.4 Å². The summed E-state index contributed by atoms with van der Waals surface area (Å²) in [5.74, 6) is -2.14. The zero-order valence-electron chi connectivity index (χ0n) is 9.76. The van der Waals surface area contributed by atoms with Crippen LogP contribution in [-0.2, 0) is 9.59 Å². The highest BCUT2D eigenvalue weighted by Crippen LogP contribution is 2.32. The minimum atomic E-state index is -1.07. The molecule has 0 radical (unpaired) electrons. The van der Waals surface area contributed by atoms with E-state index in [1.807, 2.05) is 0 Å². The fourth-order valence-electron chi connectivity index (χ4n) is 2.00. The van der Waals surface area contributed by atoms with Crippen LogP contribution in [0.25, 0.3) is 0 Å². The lowest BCUT2D eigenvalue weighted by Crippen LogP contribution is -2.31. The summed E-state index contributed by atoms with van der Waals surface area (Å²) < 4.78 is 12.8. The first-order valence-electron chi connectivity index (χ1n) is 5.45. The van der Waals surface area contributed by atoms with E-state index in [-0.39, 0.29) is 23.7 Å². The fraction of sp³-hybridized carbons (Fsp3) is 0.231. The first-order chi connectivity index (χ1) is 8.49. The number of benzene rings is 1. The van der Waals surface area contributed by atoms with Crippen molar-refractivity contribution >= 4 is 11.9 Å². The van der Waals surface area contributed by atoms with Crippen molar-refractivity contribution < 1.29 is 19.1 Å². The number of carboxylic acid groups (broad SMARTS) is 1. The van der Waals surface area contributed by atoms with E-state index in [0.717, 1.165) is 0 Å². The molecule has 1 atom stereocenters. The Morgan fingerprint density at radius 3 is 2.56 bits per heavy atom. The minimum Gasteiger partial charge on any atom is -0.478 e. The topological polar surface area (TPSA) is 57.6 Å². The molecule has 1 aliphatic heterocycles. The lowest BCUT2D eigenvalue weighted by molar-refractivity contribution is -0.134. The van der Waals surface area contributed by atoms with Crippen molar-refractivity contribution in [2.45, 2.75) is 12.3 Å². The molecule has 0 saturated carbocycles. The van der Waals surface area contributed by atoms with Crippen LogP contribution < -0.4 is 0 Å². The van der Waals surface area contributed by atoms with Gasteiger partial charge in [0.05, 0.1) is 5.57 Å². The Morgan fingerprint density at radius 1 is 1.39 bits per heavy atom. The van der Waals surface area contributed by atoms with Crippen molar-refractivity contribution in [1.29, 1.82) is 0 Å². The van der Waals surface area contributed by atoms with Gasteiger partial charge in [0.15, 0.2) is 0 Å². The zero-order valence-corrected chi connectivity index (χ0v) is 9.76. The van der Waals surface area contributed by atoms with Crippen molar-refractivity contribution in [3.8, 4) is 0 Å². The van der Waals surface area contributed by atoms with Crippen molar-refractivity contribution in [3.05, 3.63) is 47.4 Å². The number of hydrogen-bond donors (Lipinski definition) is 1. The van der Waals surface area contributed by atoms with E-state index in [9.17, 15) is 14.0 Å². The molecule has 0 saturated heterocycles. The number of halogens is 1. The molecule has 1 aromatic carbocycles. The van der Waals surface area contributed by atoms with Gasteiger partial charge in [-0.05, 0) is 17.7 Å². The van der Waals surface area contributed by atoms with Crippen LogP contribution in [0.2, 0.25) is 0 Å². The molecular formula is C13H12FNO3. The molecule has 0 fully saturated rings. The molecule has 1 unspecified atom stereocenters. The maximum atomic E-state index is 12.8. The van der Waals surface area contributed by atoms with Crippen LogP contribution in [0.5, 0.6) is 0 Å². The Kier molecular flexibility index (Phi) is 3.14. The summed E-state index contributed by atoms with van der Waals surface area (Å²) in [6, 6.07) is 5.54. The van der Waals surface area contributed by atoms with Crippen molar-refractivity contribution in [1.82, 2.24) is 4.90 Å².